The number of hydrogen-bond acceptors (Lipinski definition) is 3. The second-order valence-corrected chi connectivity index (χ2v) is 5.67. The molecule has 108 valence electrons. The van der Waals surface area contributed by atoms with Gasteiger partial charge >= 0.3 is 5.69 Å². The highest BCUT2D eigenvalue weighted by Crippen LogP contribution is 2.29. The number of rotatable bonds is 3. The zero-order valence-electron chi connectivity index (χ0n) is 11.9. The molecular weight excluding hydrogens is 336 g/mol. The van der Waals surface area contributed by atoms with E-state index in [0.717, 1.165) is 10.0 Å². The maximum Gasteiger partial charge on any atom is 0.341 e. The number of pyridine rings is 1. The number of nitrogens with zero attached hydrogens (tertiary/aromatic N) is 2. The summed E-state index contributed by atoms with van der Waals surface area (Å²) in [6.07, 6.45) is 0. The molecule has 0 aliphatic carbocycles. The van der Waals surface area contributed by atoms with Crippen LogP contribution in [0.15, 0.2) is 34.8 Å². The molecule has 2 rings (SSSR count). The normalized spacial score (nSPS) is 10.5. The summed E-state index contributed by atoms with van der Waals surface area (Å²) in [5.74, 6) is -0.187. The Morgan fingerprint density at radius 2 is 1.86 bits per heavy atom. The smallest absolute Gasteiger partial charge is 0.294 e. The van der Waals surface area contributed by atoms with Crippen LogP contribution in [0.2, 0.25) is 0 Å². The van der Waals surface area contributed by atoms with E-state index in [2.05, 4.69) is 15.9 Å². The van der Waals surface area contributed by atoms with Crippen LogP contribution in [0.4, 0.5) is 5.69 Å². The minimum atomic E-state index is -0.455. The van der Waals surface area contributed by atoms with Crippen LogP contribution >= 0.6 is 15.9 Å². The van der Waals surface area contributed by atoms with Crippen LogP contribution in [0.25, 0.3) is 11.3 Å². The molecule has 0 unspecified atom stereocenters. The maximum atomic E-state index is 11.6. The van der Waals surface area contributed by atoms with E-state index in [1.807, 2.05) is 12.1 Å². The Balaban J connectivity index is 2.81. The van der Waals surface area contributed by atoms with Gasteiger partial charge in [-0.15, -0.1) is 0 Å². The molecule has 0 aliphatic heterocycles. The summed E-state index contributed by atoms with van der Waals surface area (Å²) < 4.78 is 2.59. The third-order valence-electron chi connectivity index (χ3n) is 3.45. The summed E-state index contributed by atoms with van der Waals surface area (Å²) in [6.45, 7) is 3.19. The standard InChI is InChI=1S/C15H14BrN2O3/c1-9-13(10(2)19)8-14(18(20)21)15(17(9)3)11-4-6-12(16)7-5-11/h4-8H,1-3H3/q+1. The number of nitro groups is 1. The molecule has 0 N–H and O–H groups in total. The Hall–Kier alpha value is -2.08. The lowest BCUT2D eigenvalue weighted by atomic mass is 10.0. The molecule has 0 fully saturated rings. The van der Waals surface area contributed by atoms with Gasteiger partial charge in [-0.1, -0.05) is 15.9 Å². The summed E-state index contributed by atoms with van der Waals surface area (Å²) in [4.78, 5) is 22.6. The van der Waals surface area contributed by atoms with Gasteiger partial charge in [0.1, 0.15) is 7.05 Å². The number of carbonyl (C=O) groups is 1. The van der Waals surface area contributed by atoms with Crippen molar-refractivity contribution in [2.75, 3.05) is 0 Å². The number of Topliss-reactive ketones (excluding diaryl/α,β-unsaturated/α-hetero) is 1. The van der Waals surface area contributed by atoms with Gasteiger partial charge in [-0.3, -0.25) is 14.9 Å². The fraction of sp³-hybridized carbons (Fsp3) is 0.200. The van der Waals surface area contributed by atoms with Gasteiger partial charge in [0.05, 0.1) is 16.1 Å². The minimum absolute atomic E-state index is 0.0735. The van der Waals surface area contributed by atoms with Gasteiger partial charge in [-0.2, -0.15) is 4.57 Å². The Morgan fingerprint density at radius 3 is 2.33 bits per heavy atom. The molecule has 0 saturated heterocycles. The summed E-state index contributed by atoms with van der Waals surface area (Å²) in [6, 6.07) is 8.62. The molecule has 1 aromatic heterocycles. The van der Waals surface area contributed by atoms with E-state index < -0.39 is 4.92 Å². The Morgan fingerprint density at radius 1 is 1.29 bits per heavy atom. The molecule has 0 aliphatic rings. The Labute approximate surface area is 130 Å². The first-order valence-electron chi connectivity index (χ1n) is 6.28. The summed E-state index contributed by atoms with van der Waals surface area (Å²) in [5, 5.41) is 11.4. The molecule has 0 bridgehead atoms. The highest BCUT2D eigenvalue weighted by atomic mass is 79.9. The molecule has 0 radical (unpaired) electrons. The molecule has 1 aromatic carbocycles. The average molecular weight is 350 g/mol. The van der Waals surface area contributed by atoms with Crippen LogP contribution < -0.4 is 4.57 Å². The van der Waals surface area contributed by atoms with E-state index in [1.54, 1.807) is 30.7 Å². The van der Waals surface area contributed by atoms with Crippen LogP contribution in [0.3, 0.4) is 0 Å². The molecule has 0 saturated carbocycles. The van der Waals surface area contributed by atoms with Gasteiger partial charge in [0.25, 0.3) is 5.69 Å². The van der Waals surface area contributed by atoms with Gasteiger partial charge in [0.2, 0.25) is 0 Å². The Bertz CT molecular complexity index is 740. The topological polar surface area (TPSA) is 64.1 Å². The average Bonchev–Trinajstić information content (AvgIpc) is 2.42. The molecular formula is C15H14BrN2O3+. The second-order valence-electron chi connectivity index (χ2n) is 4.76. The predicted octanol–water partition coefficient (Wildman–Crippen LogP) is 3.36. The lowest BCUT2D eigenvalue weighted by Gasteiger charge is -2.07. The molecule has 2 aromatic rings. The predicted molar refractivity (Wildman–Crippen MR) is 82.1 cm³/mol. The largest absolute Gasteiger partial charge is 0.341 e. The van der Waals surface area contributed by atoms with E-state index in [-0.39, 0.29) is 11.5 Å². The van der Waals surface area contributed by atoms with Crippen molar-refractivity contribution < 1.29 is 14.3 Å². The lowest BCUT2D eigenvalue weighted by Crippen LogP contribution is -2.37. The molecule has 0 amide bonds. The molecule has 5 nitrogen and oxygen atoms in total. The van der Waals surface area contributed by atoms with Crippen molar-refractivity contribution in [3.63, 3.8) is 0 Å². The Kier molecular flexibility index (Phi) is 4.18. The molecule has 21 heavy (non-hydrogen) atoms. The van der Waals surface area contributed by atoms with Crippen molar-refractivity contribution in [1.82, 2.24) is 0 Å². The first-order chi connectivity index (χ1) is 9.82. The van der Waals surface area contributed by atoms with Gasteiger partial charge in [0.15, 0.2) is 11.5 Å². The van der Waals surface area contributed by atoms with Crippen molar-refractivity contribution in [2.45, 2.75) is 13.8 Å². The van der Waals surface area contributed by atoms with E-state index >= 15 is 0 Å². The number of aromatic nitrogens is 1. The van der Waals surface area contributed by atoms with Crippen molar-refractivity contribution >= 4 is 27.4 Å². The van der Waals surface area contributed by atoms with Crippen molar-refractivity contribution in [2.24, 2.45) is 7.05 Å². The van der Waals surface area contributed by atoms with E-state index in [1.165, 1.54) is 13.0 Å². The third kappa shape index (κ3) is 2.85. The summed E-state index contributed by atoms with van der Waals surface area (Å²) >= 11 is 3.34. The molecule has 0 spiro atoms. The number of ketones is 1. The van der Waals surface area contributed by atoms with Crippen molar-refractivity contribution in [3.8, 4) is 11.3 Å². The second kappa shape index (κ2) is 5.73. The van der Waals surface area contributed by atoms with Crippen LogP contribution in [-0.2, 0) is 7.05 Å². The highest BCUT2D eigenvalue weighted by Gasteiger charge is 2.30. The number of carbonyl (C=O) groups excluding carboxylic acids is 1. The fourth-order valence-electron chi connectivity index (χ4n) is 2.27. The minimum Gasteiger partial charge on any atom is -0.294 e. The quantitative estimate of drug-likeness (QED) is 0.369. The lowest BCUT2D eigenvalue weighted by molar-refractivity contribution is -0.669. The zero-order chi connectivity index (χ0) is 15.7. The van der Waals surface area contributed by atoms with Crippen LogP contribution in [0, 0.1) is 17.0 Å². The van der Waals surface area contributed by atoms with E-state index in [4.69, 9.17) is 0 Å². The SMILES string of the molecule is CC(=O)c1cc([N+](=O)[O-])c(-c2ccc(Br)cc2)[n+](C)c1C. The highest BCUT2D eigenvalue weighted by molar-refractivity contribution is 9.10. The van der Waals surface area contributed by atoms with E-state index in [0.29, 0.717) is 17.0 Å². The number of halogens is 1. The zero-order valence-corrected chi connectivity index (χ0v) is 13.5. The number of benzene rings is 1. The molecule has 1 heterocycles. The first-order valence-corrected chi connectivity index (χ1v) is 7.07. The van der Waals surface area contributed by atoms with Crippen LogP contribution in [-0.4, -0.2) is 10.7 Å². The van der Waals surface area contributed by atoms with Gasteiger partial charge in [-0.05, 0) is 31.2 Å². The monoisotopic (exact) mass is 349 g/mol. The maximum absolute atomic E-state index is 11.6. The van der Waals surface area contributed by atoms with E-state index in [9.17, 15) is 14.9 Å². The summed E-state index contributed by atoms with van der Waals surface area (Å²) in [7, 11) is 1.73. The summed E-state index contributed by atoms with van der Waals surface area (Å²) in [5.41, 5.74) is 2.20. The van der Waals surface area contributed by atoms with Crippen LogP contribution in [0.5, 0.6) is 0 Å². The van der Waals surface area contributed by atoms with Crippen molar-refractivity contribution in [3.05, 3.63) is 56.2 Å². The fourth-order valence-corrected chi connectivity index (χ4v) is 2.54. The molecule has 0 atom stereocenters. The van der Waals surface area contributed by atoms with Gasteiger partial charge < -0.3 is 0 Å². The first kappa shape index (κ1) is 15.3. The van der Waals surface area contributed by atoms with Crippen LogP contribution in [0.1, 0.15) is 23.0 Å². The van der Waals surface area contributed by atoms with Crippen molar-refractivity contribution in [1.29, 1.82) is 0 Å². The van der Waals surface area contributed by atoms with Gasteiger partial charge in [0, 0.05) is 17.5 Å². The number of hydrogen-bond donors (Lipinski definition) is 0. The van der Waals surface area contributed by atoms with Gasteiger partial charge in [-0.25, -0.2) is 0 Å². The molecule has 6 heteroatoms. The third-order valence-corrected chi connectivity index (χ3v) is 3.97.